The van der Waals surface area contributed by atoms with Crippen LogP contribution in [0.15, 0.2) is 48.8 Å². The zero-order valence-corrected chi connectivity index (χ0v) is 18.3. The van der Waals surface area contributed by atoms with E-state index in [2.05, 4.69) is 61.0 Å². The van der Waals surface area contributed by atoms with Gasteiger partial charge in [-0.25, -0.2) is 9.97 Å². The van der Waals surface area contributed by atoms with Crippen LogP contribution in [0, 0.1) is 13.8 Å². The lowest BCUT2D eigenvalue weighted by molar-refractivity contribution is -0.0290. The van der Waals surface area contributed by atoms with Crippen molar-refractivity contribution in [1.29, 1.82) is 0 Å². The maximum atomic E-state index is 6.17. The number of anilines is 1. The van der Waals surface area contributed by atoms with E-state index in [9.17, 15) is 0 Å². The molecule has 1 fully saturated rings. The molecule has 0 bridgehead atoms. The fourth-order valence-corrected chi connectivity index (χ4v) is 4.03. The number of hydrogen-bond donors (Lipinski definition) is 0. The lowest BCUT2D eigenvalue weighted by Crippen LogP contribution is -2.48. The predicted molar refractivity (Wildman–Crippen MR) is 122 cm³/mol. The summed E-state index contributed by atoms with van der Waals surface area (Å²) in [6.07, 6.45) is 6.24. The zero-order chi connectivity index (χ0) is 21.1. The highest BCUT2D eigenvalue weighted by Crippen LogP contribution is 2.34. The first kappa shape index (κ1) is 20.5. The Bertz CT molecular complexity index is 1010. The molecule has 3 aromatic rings. The maximum absolute atomic E-state index is 6.17. The standard InChI is InChI=1S/C25H30N4O/c1-5-20-15-29(16-21(6-2)30-20)25-27-14-23(19-11-12-26-18(4)13-19)24(28-25)22-10-8-7-9-17(22)3/h7-14,20-21H,5-6,15-16H2,1-4H3/t20-,21+. The highest BCUT2D eigenvalue weighted by atomic mass is 16.5. The number of benzene rings is 1. The summed E-state index contributed by atoms with van der Waals surface area (Å²) in [4.78, 5) is 16.5. The molecule has 0 saturated carbocycles. The molecule has 0 amide bonds. The Hall–Kier alpha value is -2.79. The molecule has 2 atom stereocenters. The molecule has 30 heavy (non-hydrogen) atoms. The molecule has 5 nitrogen and oxygen atoms in total. The molecule has 4 rings (SSSR count). The number of pyridine rings is 1. The fraction of sp³-hybridized carbons (Fsp3) is 0.400. The van der Waals surface area contributed by atoms with Gasteiger partial charge < -0.3 is 9.64 Å². The van der Waals surface area contributed by atoms with Crippen LogP contribution in [0.1, 0.15) is 37.9 Å². The van der Waals surface area contributed by atoms with Crippen molar-refractivity contribution in [2.45, 2.75) is 52.7 Å². The molecule has 0 aliphatic carbocycles. The van der Waals surface area contributed by atoms with E-state index in [1.54, 1.807) is 0 Å². The maximum Gasteiger partial charge on any atom is 0.226 e. The Labute approximate surface area is 179 Å². The Morgan fingerprint density at radius 2 is 1.70 bits per heavy atom. The van der Waals surface area contributed by atoms with Crippen molar-refractivity contribution in [3.05, 3.63) is 60.0 Å². The van der Waals surface area contributed by atoms with Crippen LogP contribution in [0.5, 0.6) is 0 Å². The molecule has 1 aliphatic heterocycles. The summed E-state index contributed by atoms with van der Waals surface area (Å²) in [7, 11) is 0. The number of aryl methyl sites for hydroxylation is 2. The summed E-state index contributed by atoms with van der Waals surface area (Å²) < 4.78 is 6.17. The Kier molecular flexibility index (Phi) is 6.09. The van der Waals surface area contributed by atoms with E-state index < -0.39 is 0 Å². The van der Waals surface area contributed by atoms with E-state index in [0.29, 0.717) is 0 Å². The summed E-state index contributed by atoms with van der Waals surface area (Å²) in [6, 6.07) is 12.5. The van der Waals surface area contributed by atoms with E-state index in [0.717, 1.165) is 60.0 Å². The zero-order valence-electron chi connectivity index (χ0n) is 18.3. The van der Waals surface area contributed by atoms with Crippen molar-refractivity contribution < 1.29 is 4.74 Å². The van der Waals surface area contributed by atoms with E-state index >= 15 is 0 Å². The summed E-state index contributed by atoms with van der Waals surface area (Å²) in [5.74, 6) is 0.781. The van der Waals surface area contributed by atoms with Gasteiger partial charge in [-0.3, -0.25) is 4.98 Å². The summed E-state index contributed by atoms with van der Waals surface area (Å²) in [5, 5.41) is 0. The van der Waals surface area contributed by atoms with Gasteiger partial charge in [-0.05, 0) is 49.9 Å². The van der Waals surface area contributed by atoms with Crippen molar-refractivity contribution in [3.8, 4) is 22.4 Å². The minimum Gasteiger partial charge on any atom is -0.371 e. The molecule has 1 saturated heterocycles. The number of morpholine rings is 1. The summed E-state index contributed by atoms with van der Waals surface area (Å²) >= 11 is 0. The first-order chi connectivity index (χ1) is 14.6. The van der Waals surface area contributed by atoms with Gasteiger partial charge in [-0.2, -0.15) is 0 Å². The highest BCUT2D eigenvalue weighted by molar-refractivity contribution is 5.82. The largest absolute Gasteiger partial charge is 0.371 e. The topological polar surface area (TPSA) is 51.1 Å². The second kappa shape index (κ2) is 8.92. The first-order valence-corrected chi connectivity index (χ1v) is 10.9. The molecule has 5 heteroatoms. The molecular weight excluding hydrogens is 372 g/mol. The Balaban J connectivity index is 1.81. The molecular formula is C25H30N4O. The van der Waals surface area contributed by atoms with Gasteiger partial charge in [0.1, 0.15) is 0 Å². The molecule has 0 unspecified atom stereocenters. The Morgan fingerprint density at radius 3 is 2.37 bits per heavy atom. The molecule has 3 heterocycles. The fourth-order valence-electron chi connectivity index (χ4n) is 4.03. The molecule has 0 N–H and O–H groups in total. The number of ether oxygens (including phenoxy) is 1. The molecule has 0 radical (unpaired) electrons. The highest BCUT2D eigenvalue weighted by Gasteiger charge is 2.28. The van der Waals surface area contributed by atoms with Gasteiger partial charge in [-0.15, -0.1) is 0 Å². The summed E-state index contributed by atoms with van der Waals surface area (Å²) in [6.45, 7) is 10.1. The number of nitrogens with zero attached hydrogens (tertiary/aromatic N) is 4. The monoisotopic (exact) mass is 402 g/mol. The van der Waals surface area contributed by atoms with E-state index in [-0.39, 0.29) is 12.2 Å². The van der Waals surface area contributed by atoms with Gasteiger partial charge in [0.2, 0.25) is 5.95 Å². The average molecular weight is 403 g/mol. The van der Waals surface area contributed by atoms with Gasteiger partial charge in [-0.1, -0.05) is 38.1 Å². The number of rotatable bonds is 5. The lowest BCUT2D eigenvalue weighted by atomic mass is 9.98. The van der Waals surface area contributed by atoms with E-state index in [1.807, 2.05) is 25.4 Å². The van der Waals surface area contributed by atoms with Crippen molar-refractivity contribution in [3.63, 3.8) is 0 Å². The average Bonchev–Trinajstić information content (AvgIpc) is 2.78. The Morgan fingerprint density at radius 1 is 0.967 bits per heavy atom. The van der Waals surface area contributed by atoms with Crippen LogP contribution in [0.4, 0.5) is 5.95 Å². The lowest BCUT2D eigenvalue weighted by Gasteiger charge is -2.37. The second-order valence-electron chi connectivity index (χ2n) is 8.03. The molecule has 2 aromatic heterocycles. The van der Waals surface area contributed by atoms with Gasteiger partial charge in [0.05, 0.1) is 17.9 Å². The third-order valence-corrected chi connectivity index (χ3v) is 5.81. The normalized spacial score (nSPS) is 19.1. The van der Waals surface area contributed by atoms with Gasteiger partial charge in [0, 0.05) is 42.3 Å². The smallest absolute Gasteiger partial charge is 0.226 e. The van der Waals surface area contributed by atoms with E-state index in [4.69, 9.17) is 14.7 Å². The number of aromatic nitrogens is 3. The van der Waals surface area contributed by atoms with Gasteiger partial charge in [0.25, 0.3) is 0 Å². The molecule has 156 valence electrons. The summed E-state index contributed by atoms with van der Waals surface area (Å²) in [5.41, 5.74) is 6.42. The molecule has 1 aliphatic rings. The van der Waals surface area contributed by atoms with Crippen LogP contribution in [-0.4, -0.2) is 40.2 Å². The van der Waals surface area contributed by atoms with Crippen molar-refractivity contribution in [2.75, 3.05) is 18.0 Å². The van der Waals surface area contributed by atoms with Crippen molar-refractivity contribution >= 4 is 5.95 Å². The first-order valence-electron chi connectivity index (χ1n) is 10.9. The van der Waals surface area contributed by atoms with Crippen LogP contribution in [0.2, 0.25) is 0 Å². The van der Waals surface area contributed by atoms with Crippen LogP contribution in [-0.2, 0) is 4.74 Å². The van der Waals surface area contributed by atoms with Gasteiger partial charge >= 0.3 is 0 Å². The third-order valence-electron chi connectivity index (χ3n) is 5.81. The van der Waals surface area contributed by atoms with Crippen LogP contribution >= 0.6 is 0 Å². The minimum atomic E-state index is 0.219. The SMILES string of the molecule is CC[C@@H]1CN(c2ncc(-c3ccnc(C)c3)c(-c3ccccc3C)n2)C[C@H](CC)O1. The molecule has 0 spiro atoms. The predicted octanol–water partition coefficient (Wildman–Crippen LogP) is 5.22. The van der Waals surface area contributed by atoms with Crippen LogP contribution in [0.25, 0.3) is 22.4 Å². The van der Waals surface area contributed by atoms with Crippen LogP contribution < -0.4 is 4.90 Å². The third kappa shape index (κ3) is 4.21. The van der Waals surface area contributed by atoms with Crippen molar-refractivity contribution in [1.82, 2.24) is 15.0 Å². The number of hydrogen-bond acceptors (Lipinski definition) is 5. The molecule has 1 aromatic carbocycles. The van der Waals surface area contributed by atoms with Crippen LogP contribution in [0.3, 0.4) is 0 Å². The van der Waals surface area contributed by atoms with Gasteiger partial charge in [0.15, 0.2) is 0 Å². The second-order valence-corrected chi connectivity index (χ2v) is 8.03. The van der Waals surface area contributed by atoms with Crippen molar-refractivity contribution in [2.24, 2.45) is 0 Å². The van der Waals surface area contributed by atoms with E-state index in [1.165, 1.54) is 5.56 Å². The minimum absolute atomic E-state index is 0.219. The quantitative estimate of drug-likeness (QED) is 0.586.